The van der Waals surface area contributed by atoms with Crippen molar-refractivity contribution in [2.24, 2.45) is 5.41 Å². The van der Waals surface area contributed by atoms with E-state index in [1.807, 2.05) is 48.6 Å². The van der Waals surface area contributed by atoms with Gasteiger partial charge in [-0.1, -0.05) is 50.3 Å². The van der Waals surface area contributed by atoms with Gasteiger partial charge in [0.1, 0.15) is 5.82 Å². The number of nitrogens with one attached hydrogen (secondary N) is 1. The predicted molar refractivity (Wildman–Crippen MR) is 148 cm³/mol. The summed E-state index contributed by atoms with van der Waals surface area (Å²) in [6.45, 7) is 4.13. The highest BCUT2D eigenvalue weighted by molar-refractivity contribution is 5.94. The molecule has 6 nitrogen and oxygen atoms in total. The smallest absolute Gasteiger partial charge is 0.310 e. The van der Waals surface area contributed by atoms with Gasteiger partial charge in [0.25, 0.3) is 0 Å². The first-order valence-electron chi connectivity index (χ1n) is 13.0. The number of unbranched alkanes of at least 4 members (excludes halogenated alkanes) is 1. The van der Waals surface area contributed by atoms with Gasteiger partial charge in [-0.2, -0.15) is 0 Å². The van der Waals surface area contributed by atoms with Crippen molar-refractivity contribution in [1.29, 1.82) is 0 Å². The molecular weight excluding hydrogens is 483 g/mol. The minimum Gasteiger partial charge on any atom is -0.481 e. The third-order valence-electron chi connectivity index (χ3n) is 6.69. The number of anilines is 1. The molecule has 38 heavy (non-hydrogen) atoms. The zero-order chi connectivity index (χ0) is 27.4. The molecule has 3 rings (SSSR count). The molecule has 0 aliphatic carbocycles. The maximum atomic E-state index is 13.0. The Balaban J connectivity index is 1.51. The number of hydrogen-bond donors (Lipinski definition) is 2. The molecule has 0 fully saturated rings. The number of ether oxygens (including phenoxy) is 1. The standard InChI is InChI=1S/C31H35FN2O4/c1-3-31(4-2,30(36)37)22-28(35)33-27-12-7-10-24(21-27)16-19-26-11-8-13-29(34-26)38-20-6-5-9-23-14-17-25(32)18-15-23/h7-8,10-19,21H,3-6,9,20,22H2,1-2H3,(H,33,35)(H,36,37)/b19-16+. The third-order valence-corrected chi connectivity index (χ3v) is 6.69. The summed E-state index contributed by atoms with van der Waals surface area (Å²) < 4.78 is 18.8. The fourth-order valence-corrected chi connectivity index (χ4v) is 4.16. The Morgan fingerprint density at radius 2 is 1.74 bits per heavy atom. The number of carboxylic acids is 1. The predicted octanol–water partition coefficient (Wildman–Crippen LogP) is 7.01. The SMILES string of the molecule is CCC(CC)(CC(=O)Nc1cccc(/C=C/c2cccc(OCCCCc3ccc(F)cc3)n2)c1)C(=O)O. The first-order chi connectivity index (χ1) is 18.3. The van der Waals surface area contributed by atoms with E-state index < -0.39 is 11.4 Å². The first kappa shape index (κ1) is 28.6. The quantitative estimate of drug-likeness (QED) is 0.224. The van der Waals surface area contributed by atoms with Crippen molar-refractivity contribution in [2.75, 3.05) is 11.9 Å². The molecular formula is C31H35FN2O4. The van der Waals surface area contributed by atoms with E-state index in [0.717, 1.165) is 36.1 Å². The van der Waals surface area contributed by atoms with Gasteiger partial charge >= 0.3 is 5.97 Å². The van der Waals surface area contributed by atoms with Crippen LogP contribution in [0.25, 0.3) is 12.2 Å². The van der Waals surface area contributed by atoms with Crippen molar-refractivity contribution < 1.29 is 23.8 Å². The Bertz CT molecular complexity index is 1240. The van der Waals surface area contributed by atoms with Crippen LogP contribution in [0.4, 0.5) is 10.1 Å². The lowest BCUT2D eigenvalue weighted by molar-refractivity contribution is -0.151. The molecule has 2 aromatic carbocycles. The zero-order valence-electron chi connectivity index (χ0n) is 22.0. The number of carbonyl (C=O) groups is 2. The molecule has 200 valence electrons. The summed E-state index contributed by atoms with van der Waals surface area (Å²) in [6.07, 6.45) is 7.14. The summed E-state index contributed by atoms with van der Waals surface area (Å²) >= 11 is 0. The number of aryl methyl sites for hydroxylation is 1. The van der Waals surface area contributed by atoms with E-state index >= 15 is 0 Å². The second-order valence-corrected chi connectivity index (χ2v) is 9.31. The van der Waals surface area contributed by atoms with Crippen LogP contribution in [0.5, 0.6) is 5.88 Å². The van der Waals surface area contributed by atoms with Crippen LogP contribution in [0, 0.1) is 11.2 Å². The Kier molecular flexibility index (Phi) is 10.6. The summed E-state index contributed by atoms with van der Waals surface area (Å²) in [5.41, 5.74) is 2.26. The molecule has 0 aliphatic rings. The normalized spacial score (nSPS) is 11.4. The average Bonchev–Trinajstić information content (AvgIpc) is 2.92. The highest BCUT2D eigenvalue weighted by atomic mass is 19.1. The van der Waals surface area contributed by atoms with Crippen LogP contribution < -0.4 is 10.1 Å². The van der Waals surface area contributed by atoms with Gasteiger partial charge in [0, 0.05) is 18.2 Å². The van der Waals surface area contributed by atoms with Gasteiger partial charge in [-0.25, -0.2) is 9.37 Å². The van der Waals surface area contributed by atoms with E-state index in [4.69, 9.17) is 4.74 Å². The summed E-state index contributed by atoms with van der Waals surface area (Å²) in [5, 5.41) is 12.4. The lowest BCUT2D eigenvalue weighted by Crippen LogP contribution is -2.34. The van der Waals surface area contributed by atoms with E-state index in [9.17, 15) is 19.1 Å². The third kappa shape index (κ3) is 8.54. The van der Waals surface area contributed by atoms with Crippen molar-refractivity contribution in [3.05, 3.63) is 89.4 Å². The van der Waals surface area contributed by atoms with Gasteiger partial charge in [-0.15, -0.1) is 0 Å². The number of carboxylic acid groups (broad SMARTS) is 1. The first-order valence-corrected chi connectivity index (χ1v) is 13.0. The van der Waals surface area contributed by atoms with E-state index in [-0.39, 0.29) is 18.1 Å². The average molecular weight is 519 g/mol. The topological polar surface area (TPSA) is 88.5 Å². The zero-order valence-corrected chi connectivity index (χ0v) is 22.0. The number of rotatable bonds is 14. The molecule has 7 heteroatoms. The van der Waals surface area contributed by atoms with Crippen molar-refractivity contribution in [3.8, 4) is 5.88 Å². The molecule has 0 unspecified atom stereocenters. The number of nitrogens with zero attached hydrogens (tertiary/aromatic N) is 1. The number of benzene rings is 2. The van der Waals surface area contributed by atoms with Gasteiger partial charge in [0.05, 0.1) is 17.7 Å². The van der Waals surface area contributed by atoms with E-state index in [1.54, 1.807) is 32.0 Å². The van der Waals surface area contributed by atoms with E-state index in [2.05, 4.69) is 10.3 Å². The van der Waals surface area contributed by atoms with Crippen LogP contribution in [0.1, 0.15) is 62.8 Å². The Hall–Kier alpha value is -4.00. The summed E-state index contributed by atoms with van der Waals surface area (Å²) in [7, 11) is 0. The van der Waals surface area contributed by atoms with Gasteiger partial charge < -0.3 is 15.2 Å². The van der Waals surface area contributed by atoms with E-state index in [1.165, 1.54) is 12.1 Å². The van der Waals surface area contributed by atoms with Gasteiger partial charge in [0.15, 0.2) is 0 Å². The minimum absolute atomic E-state index is 0.0711. The number of amides is 1. The van der Waals surface area contributed by atoms with E-state index in [0.29, 0.717) is 31.0 Å². The second kappa shape index (κ2) is 14.1. The maximum absolute atomic E-state index is 13.0. The molecule has 0 saturated heterocycles. The molecule has 3 aromatic rings. The maximum Gasteiger partial charge on any atom is 0.310 e. The largest absolute Gasteiger partial charge is 0.481 e. The minimum atomic E-state index is -1.05. The lowest BCUT2D eigenvalue weighted by atomic mass is 9.79. The molecule has 0 bridgehead atoms. The molecule has 0 saturated carbocycles. The lowest BCUT2D eigenvalue weighted by Gasteiger charge is -2.25. The highest BCUT2D eigenvalue weighted by Gasteiger charge is 2.37. The second-order valence-electron chi connectivity index (χ2n) is 9.31. The Morgan fingerprint density at radius 1 is 1.00 bits per heavy atom. The molecule has 1 heterocycles. The van der Waals surface area contributed by atoms with Crippen molar-refractivity contribution in [1.82, 2.24) is 4.98 Å². The highest BCUT2D eigenvalue weighted by Crippen LogP contribution is 2.31. The Morgan fingerprint density at radius 3 is 2.45 bits per heavy atom. The van der Waals surface area contributed by atoms with Crippen LogP contribution >= 0.6 is 0 Å². The summed E-state index contributed by atoms with van der Waals surface area (Å²) in [4.78, 5) is 28.8. The molecule has 1 amide bonds. The molecule has 0 atom stereocenters. The number of carbonyl (C=O) groups excluding carboxylic acids is 1. The van der Waals surface area contributed by atoms with Crippen LogP contribution in [0.15, 0.2) is 66.7 Å². The number of aromatic nitrogens is 1. The van der Waals surface area contributed by atoms with Crippen LogP contribution in [-0.2, 0) is 16.0 Å². The van der Waals surface area contributed by atoms with Gasteiger partial charge in [0.2, 0.25) is 11.8 Å². The number of pyridine rings is 1. The molecule has 0 aliphatic heterocycles. The van der Waals surface area contributed by atoms with Gasteiger partial charge in [-0.3, -0.25) is 9.59 Å². The van der Waals surface area contributed by atoms with Gasteiger partial charge in [-0.05, 0) is 79.6 Å². The number of hydrogen-bond acceptors (Lipinski definition) is 4. The monoisotopic (exact) mass is 518 g/mol. The molecule has 2 N–H and O–H groups in total. The molecule has 1 aromatic heterocycles. The summed E-state index contributed by atoms with van der Waals surface area (Å²) in [5.74, 6) is -0.942. The fourth-order valence-electron chi connectivity index (χ4n) is 4.16. The van der Waals surface area contributed by atoms with Crippen molar-refractivity contribution in [3.63, 3.8) is 0 Å². The van der Waals surface area contributed by atoms with Crippen molar-refractivity contribution in [2.45, 2.75) is 52.4 Å². The summed E-state index contributed by atoms with van der Waals surface area (Å²) in [6, 6.07) is 19.5. The van der Waals surface area contributed by atoms with Crippen LogP contribution in [-0.4, -0.2) is 28.6 Å². The molecule has 0 radical (unpaired) electrons. The number of halogens is 1. The number of aliphatic carboxylic acids is 1. The van der Waals surface area contributed by atoms with Crippen LogP contribution in [0.2, 0.25) is 0 Å². The Labute approximate surface area is 223 Å². The van der Waals surface area contributed by atoms with Crippen molar-refractivity contribution >= 4 is 29.7 Å². The fraction of sp³-hybridized carbons (Fsp3) is 0.323. The molecule has 0 spiro atoms. The van der Waals surface area contributed by atoms with Crippen LogP contribution in [0.3, 0.4) is 0 Å².